The van der Waals surface area contributed by atoms with Crippen LogP contribution in [0.3, 0.4) is 0 Å². The lowest BCUT2D eigenvalue weighted by Gasteiger charge is -2.17. The summed E-state index contributed by atoms with van der Waals surface area (Å²) in [6.45, 7) is 1.11. The number of rotatable bonds is 8. The van der Waals surface area contributed by atoms with Gasteiger partial charge in [-0.05, 0) is 55.5 Å². The van der Waals surface area contributed by atoms with Gasteiger partial charge in [0.1, 0.15) is 6.26 Å². The highest BCUT2D eigenvalue weighted by atomic mass is 127. The second-order valence-corrected chi connectivity index (χ2v) is 7.80. The quantitative estimate of drug-likeness (QED) is 0.225. The van der Waals surface area contributed by atoms with E-state index in [2.05, 4.69) is 26.7 Å². The number of nitrogens with one attached hydrogen (secondary N) is 2. The third-order valence-electron chi connectivity index (χ3n) is 5.52. The summed E-state index contributed by atoms with van der Waals surface area (Å²) in [6, 6.07) is 15.9. The second-order valence-electron chi connectivity index (χ2n) is 7.80. The average Bonchev–Trinajstić information content (AvgIpc) is 3.53. The maximum absolute atomic E-state index is 6.12. The molecule has 8 heteroatoms. The van der Waals surface area contributed by atoms with Crippen LogP contribution in [0.4, 0.5) is 0 Å². The van der Waals surface area contributed by atoms with Crippen molar-refractivity contribution in [3.8, 4) is 23.0 Å². The Morgan fingerprint density at radius 2 is 1.82 bits per heavy atom. The van der Waals surface area contributed by atoms with Crippen LogP contribution in [0.15, 0.2) is 64.2 Å². The van der Waals surface area contributed by atoms with Crippen molar-refractivity contribution < 1.29 is 13.9 Å². The Balaban J connectivity index is 0.00000306. The summed E-state index contributed by atoms with van der Waals surface area (Å²) in [5.74, 6) is 2.86. The molecule has 1 aliphatic rings. The van der Waals surface area contributed by atoms with Crippen molar-refractivity contribution in [3.63, 3.8) is 0 Å². The molecular formula is C25H31IN4O3. The minimum absolute atomic E-state index is 0. The maximum Gasteiger partial charge on any atom is 0.226 e. The van der Waals surface area contributed by atoms with Crippen molar-refractivity contribution in [2.75, 3.05) is 14.2 Å². The van der Waals surface area contributed by atoms with Gasteiger partial charge in [0.15, 0.2) is 17.5 Å². The summed E-state index contributed by atoms with van der Waals surface area (Å²) in [5.41, 5.74) is 2.84. The second kappa shape index (κ2) is 12.5. The van der Waals surface area contributed by atoms with Gasteiger partial charge in [-0.15, -0.1) is 24.0 Å². The van der Waals surface area contributed by atoms with Gasteiger partial charge >= 0.3 is 0 Å². The van der Waals surface area contributed by atoms with Gasteiger partial charge < -0.3 is 24.5 Å². The highest BCUT2D eigenvalue weighted by molar-refractivity contribution is 14.0. The lowest BCUT2D eigenvalue weighted by atomic mass is 10.2. The molecule has 3 aromatic rings. The number of oxazole rings is 1. The Bertz CT molecular complexity index is 1030. The van der Waals surface area contributed by atoms with Crippen LogP contribution in [0, 0.1) is 0 Å². The van der Waals surface area contributed by atoms with E-state index in [9.17, 15) is 0 Å². The minimum atomic E-state index is 0. The zero-order valence-electron chi connectivity index (χ0n) is 19.0. The molecule has 1 saturated carbocycles. The summed E-state index contributed by atoms with van der Waals surface area (Å²) in [7, 11) is 3.42. The van der Waals surface area contributed by atoms with Crippen LogP contribution < -0.4 is 20.1 Å². The number of aromatic nitrogens is 1. The van der Waals surface area contributed by atoms with Gasteiger partial charge in [-0.1, -0.05) is 24.3 Å². The molecule has 0 amide bonds. The Hall–Kier alpha value is -2.75. The molecule has 0 aliphatic heterocycles. The van der Waals surface area contributed by atoms with Gasteiger partial charge in [-0.25, -0.2) is 4.98 Å². The number of nitrogens with zero attached hydrogens (tertiary/aromatic N) is 2. The lowest BCUT2D eigenvalue weighted by molar-refractivity contribution is 0.200. The first-order valence-corrected chi connectivity index (χ1v) is 11.0. The Morgan fingerprint density at radius 1 is 1.06 bits per heavy atom. The van der Waals surface area contributed by atoms with Crippen molar-refractivity contribution >= 4 is 29.9 Å². The predicted octanol–water partition coefficient (Wildman–Crippen LogP) is 5.15. The average molecular weight is 562 g/mol. The first-order chi connectivity index (χ1) is 15.7. The molecular weight excluding hydrogens is 531 g/mol. The summed E-state index contributed by atoms with van der Waals surface area (Å²) < 4.78 is 17.3. The molecule has 0 spiro atoms. The largest absolute Gasteiger partial charge is 0.493 e. The fourth-order valence-corrected chi connectivity index (χ4v) is 3.79. The number of benzene rings is 2. The summed E-state index contributed by atoms with van der Waals surface area (Å²) in [4.78, 5) is 8.83. The SMILES string of the molecule is CN=C(NCc1ccc(OC2CCCC2)c(OC)c1)NCc1coc(-c2ccccc2)n1.I. The van der Waals surface area contributed by atoms with Crippen LogP contribution in [0.25, 0.3) is 11.5 Å². The van der Waals surface area contributed by atoms with Crippen molar-refractivity contribution in [2.45, 2.75) is 44.9 Å². The van der Waals surface area contributed by atoms with Crippen molar-refractivity contribution in [2.24, 2.45) is 4.99 Å². The van der Waals surface area contributed by atoms with Crippen LogP contribution >= 0.6 is 24.0 Å². The van der Waals surface area contributed by atoms with Gasteiger partial charge in [-0.3, -0.25) is 4.99 Å². The Morgan fingerprint density at radius 3 is 2.55 bits per heavy atom. The third kappa shape index (κ3) is 6.86. The molecule has 2 aromatic carbocycles. The lowest BCUT2D eigenvalue weighted by Crippen LogP contribution is -2.36. The number of methoxy groups -OCH3 is 1. The topological polar surface area (TPSA) is 80.9 Å². The van der Waals surface area contributed by atoms with Crippen molar-refractivity contribution in [1.82, 2.24) is 15.6 Å². The van der Waals surface area contributed by atoms with Gasteiger partial charge in [0.05, 0.1) is 25.5 Å². The summed E-state index contributed by atoms with van der Waals surface area (Å²) in [6.07, 6.45) is 6.68. The van der Waals surface area contributed by atoms with Gasteiger partial charge in [-0.2, -0.15) is 0 Å². The molecule has 2 N–H and O–H groups in total. The predicted molar refractivity (Wildman–Crippen MR) is 140 cm³/mol. The highest BCUT2D eigenvalue weighted by Crippen LogP contribution is 2.32. The molecule has 0 bridgehead atoms. The first-order valence-electron chi connectivity index (χ1n) is 11.0. The van der Waals surface area contributed by atoms with E-state index in [4.69, 9.17) is 13.9 Å². The standard InChI is InChI=1S/C25H30N4O3.HI/c1-26-25(28-16-20-17-31-24(29-20)19-8-4-3-5-9-19)27-15-18-12-13-22(23(14-18)30-2)32-21-10-6-7-11-21;/h3-5,8-9,12-14,17,21H,6-7,10-11,15-16H2,1-2H3,(H2,26,27,28);1H. The molecule has 1 aromatic heterocycles. The molecule has 0 saturated heterocycles. The van der Waals surface area contributed by atoms with E-state index in [1.165, 1.54) is 12.8 Å². The number of hydrogen-bond acceptors (Lipinski definition) is 5. The summed E-state index contributed by atoms with van der Waals surface area (Å²) >= 11 is 0. The van der Waals surface area contributed by atoms with E-state index in [1.807, 2.05) is 42.5 Å². The van der Waals surface area contributed by atoms with Crippen LogP contribution in [0.5, 0.6) is 11.5 Å². The molecule has 0 unspecified atom stereocenters. The number of hydrogen-bond donors (Lipinski definition) is 2. The fraction of sp³-hybridized carbons (Fsp3) is 0.360. The normalized spacial score (nSPS) is 13.9. The van der Waals surface area contributed by atoms with Gasteiger partial charge in [0.2, 0.25) is 5.89 Å². The Labute approximate surface area is 212 Å². The third-order valence-corrected chi connectivity index (χ3v) is 5.52. The van der Waals surface area contributed by atoms with E-state index in [0.717, 1.165) is 41.2 Å². The zero-order chi connectivity index (χ0) is 22.2. The molecule has 0 atom stereocenters. The van der Waals surface area contributed by atoms with Crippen LogP contribution in [-0.2, 0) is 13.1 Å². The van der Waals surface area contributed by atoms with E-state index in [-0.39, 0.29) is 24.0 Å². The maximum atomic E-state index is 6.12. The van der Waals surface area contributed by atoms with E-state index in [1.54, 1.807) is 20.4 Å². The van der Waals surface area contributed by atoms with E-state index < -0.39 is 0 Å². The van der Waals surface area contributed by atoms with E-state index in [0.29, 0.717) is 31.0 Å². The van der Waals surface area contributed by atoms with Crippen molar-refractivity contribution in [1.29, 1.82) is 0 Å². The fourth-order valence-electron chi connectivity index (χ4n) is 3.79. The highest BCUT2D eigenvalue weighted by Gasteiger charge is 2.18. The number of aliphatic imine (C=N–C) groups is 1. The molecule has 1 aliphatic carbocycles. The molecule has 4 rings (SSSR count). The number of halogens is 1. The molecule has 0 radical (unpaired) electrons. The Kier molecular flexibility index (Phi) is 9.41. The van der Waals surface area contributed by atoms with Crippen molar-refractivity contribution in [3.05, 3.63) is 66.1 Å². The molecule has 1 fully saturated rings. The smallest absolute Gasteiger partial charge is 0.226 e. The first kappa shape index (κ1) is 24.9. The molecule has 7 nitrogen and oxygen atoms in total. The van der Waals surface area contributed by atoms with Gasteiger partial charge in [0.25, 0.3) is 0 Å². The number of ether oxygens (including phenoxy) is 2. The molecule has 1 heterocycles. The minimum Gasteiger partial charge on any atom is -0.493 e. The zero-order valence-corrected chi connectivity index (χ0v) is 21.4. The van der Waals surface area contributed by atoms with Crippen LogP contribution in [0.1, 0.15) is 36.9 Å². The number of guanidine groups is 1. The van der Waals surface area contributed by atoms with E-state index >= 15 is 0 Å². The molecule has 33 heavy (non-hydrogen) atoms. The monoisotopic (exact) mass is 562 g/mol. The molecule has 176 valence electrons. The summed E-state index contributed by atoms with van der Waals surface area (Å²) in [5, 5.41) is 6.59. The van der Waals surface area contributed by atoms with Crippen LogP contribution in [-0.4, -0.2) is 31.2 Å². The van der Waals surface area contributed by atoms with Gasteiger partial charge in [0, 0.05) is 19.2 Å². The van der Waals surface area contributed by atoms with Crippen LogP contribution in [0.2, 0.25) is 0 Å².